The smallest absolute Gasteiger partial charge is 0.0482 e. The number of rotatable bonds is 1. The van der Waals surface area contributed by atoms with E-state index in [1.54, 1.807) is 0 Å². The highest BCUT2D eigenvalue weighted by Crippen LogP contribution is 2.29. The van der Waals surface area contributed by atoms with Crippen molar-refractivity contribution in [3.63, 3.8) is 0 Å². The van der Waals surface area contributed by atoms with Crippen molar-refractivity contribution in [2.75, 3.05) is 0 Å². The highest BCUT2D eigenvalue weighted by Gasteiger charge is 2.16. The summed E-state index contributed by atoms with van der Waals surface area (Å²) >= 11 is 0. The molecule has 2 aromatic rings. The van der Waals surface area contributed by atoms with Crippen LogP contribution in [-0.2, 0) is 12.5 Å². The first-order chi connectivity index (χ1) is 7.80. The third-order valence-corrected chi connectivity index (χ3v) is 3.54. The van der Waals surface area contributed by atoms with Crippen LogP contribution in [0.3, 0.4) is 0 Å². The minimum Gasteiger partial charge on any atom is -0.347 e. The predicted molar refractivity (Wildman–Crippen MR) is 75.7 cm³/mol. The Balaban J connectivity index is 2.66. The molecule has 0 radical (unpaired) electrons. The van der Waals surface area contributed by atoms with Gasteiger partial charge in [0, 0.05) is 18.3 Å². The molecule has 1 heteroatoms. The van der Waals surface area contributed by atoms with E-state index in [0.29, 0.717) is 5.92 Å². The summed E-state index contributed by atoms with van der Waals surface area (Å²) in [7, 11) is 2.17. The van der Waals surface area contributed by atoms with E-state index in [2.05, 4.69) is 70.5 Å². The van der Waals surface area contributed by atoms with Crippen LogP contribution in [0.5, 0.6) is 0 Å². The van der Waals surface area contributed by atoms with Crippen LogP contribution in [0.15, 0.2) is 24.3 Å². The van der Waals surface area contributed by atoms with Gasteiger partial charge in [-0.2, -0.15) is 0 Å². The second-order valence-corrected chi connectivity index (χ2v) is 6.31. The number of hydrogen-bond donors (Lipinski definition) is 0. The fourth-order valence-electron chi connectivity index (χ4n) is 2.37. The Morgan fingerprint density at radius 1 is 1.06 bits per heavy atom. The first kappa shape index (κ1) is 12.2. The second-order valence-electron chi connectivity index (χ2n) is 6.31. The maximum atomic E-state index is 2.33. The molecule has 0 unspecified atom stereocenters. The lowest BCUT2D eigenvalue weighted by Gasteiger charge is -2.19. The molecular formula is C16H23N. The molecule has 0 atom stereocenters. The van der Waals surface area contributed by atoms with Gasteiger partial charge in [0.25, 0.3) is 0 Å². The molecule has 0 fully saturated rings. The van der Waals surface area contributed by atoms with Crippen LogP contribution in [0.25, 0.3) is 10.9 Å². The lowest BCUT2D eigenvalue weighted by atomic mass is 9.87. The van der Waals surface area contributed by atoms with Crippen molar-refractivity contribution < 1.29 is 0 Å². The molecule has 0 bridgehead atoms. The fraction of sp³-hybridized carbons (Fsp3) is 0.500. The number of fused-ring (bicyclic) bond motifs is 1. The van der Waals surface area contributed by atoms with E-state index >= 15 is 0 Å². The Bertz CT molecular complexity index is 538. The standard InChI is InChI=1S/C16H23N/c1-11(2)14-9-12-7-8-13(16(3,4)5)10-15(12)17(14)6/h7-11H,1-6H3. The summed E-state index contributed by atoms with van der Waals surface area (Å²) in [5.74, 6) is 0.575. The Morgan fingerprint density at radius 3 is 2.24 bits per heavy atom. The fourth-order valence-corrected chi connectivity index (χ4v) is 2.37. The molecule has 92 valence electrons. The van der Waals surface area contributed by atoms with Gasteiger partial charge < -0.3 is 4.57 Å². The highest BCUT2D eigenvalue weighted by molar-refractivity contribution is 5.82. The summed E-state index contributed by atoms with van der Waals surface area (Å²) in [6, 6.07) is 9.15. The molecule has 0 amide bonds. The topological polar surface area (TPSA) is 4.93 Å². The summed E-state index contributed by atoms with van der Waals surface area (Å²) in [6.07, 6.45) is 0. The van der Waals surface area contributed by atoms with E-state index in [0.717, 1.165) is 0 Å². The van der Waals surface area contributed by atoms with Crippen LogP contribution < -0.4 is 0 Å². The van der Waals surface area contributed by atoms with Crippen LogP contribution in [0.2, 0.25) is 0 Å². The predicted octanol–water partition coefficient (Wildman–Crippen LogP) is 4.60. The molecule has 0 aliphatic rings. The minimum atomic E-state index is 0.219. The van der Waals surface area contributed by atoms with Gasteiger partial charge in [0.1, 0.15) is 0 Å². The third kappa shape index (κ3) is 2.11. The number of hydrogen-bond acceptors (Lipinski definition) is 0. The molecule has 1 nitrogen and oxygen atoms in total. The number of benzene rings is 1. The second kappa shape index (κ2) is 3.90. The van der Waals surface area contributed by atoms with Gasteiger partial charge in [0.05, 0.1) is 0 Å². The van der Waals surface area contributed by atoms with E-state index in [1.165, 1.54) is 22.2 Å². The first-order valence-corrected chi connectivity index (χ1v) is 6.40. The maximum absolute atomic E-state index is 2.33. The first-order valence-electron chi connectivity index (χ1n) is 6.40. The monoisotopic (exact) mass is 229 g/mol. The van der Waals surface area contributed by atoms with Crippen molar-refractivity contribution in [3.8, 4) is 0 Å². The molecule has 0 aliphatic heterocycles. The summed E-state index contributed by atoms with van der Waals surface area (Å²) in [5, 5.41) is 1.35. The van der Waals surface area contributed by atoms with Gasteiger partial charge in [-0.05, 0) is 34.4 Å². The van der Waals surface area contributed by atoms with Crippen molar-refractivity contribution in [2.24, 2.45) is 7.05 Å². The Hall–Kier alpha value is -1.24. The molecule has 17 heavy (non-hydrogen) atoms. The Morgan fingerprint density at radius 2 is 1.71 bits per heavy atom. The van der Waals surface area contributed by atoms with E-state index in [1.807, 2.05) is 0 Å². The van der Waals surface area contributed by atoms with Crippen molar-refractivity contribution in [3.05, 3.63) is 35.5 Å². The van der Waals surface area contributed by atoms with E-state index in [-0.39, 0.29) is 5.41 Å². The van der Waals surface area contributed by atoms with Crippen LogP contribution in [0, 0.1) is 0 Å². The van der Waals surface area contributed by atoms with Gasteiger partial charge in [-0.25, -0.2) is 0 Å². The third-order valence-electron chi connectivity index (χ3n) is 3.54. The van der Waals surface area contributed by atoms with Crippen molar-refractivity contribution >= 4 is 10.9 Å². The van der Waals surface area contributed by atoms with Gasteiger partial charge in [-0.1, -0.05) is 46.8 Å². The zero-order valence-corrected chi connectivity index (χ0v) is 11.8. The summed E-state index contributed by atoms with van der Waals surface area (Å²) in [6.45, 7) is 11.3. The van der Waals surface area contributed by atoms with E-state index in [4.69, 9.17) is 0 Å². The average Bonchev–Trinajstić information content (AvgIpc) is 2.54. The average molecular weight is 229 g/mol. The molecule has 0 saturated carbocycles. The number of aromatic nitrogens is 1. The van der Waals surface area contributed by atoms with E-state index < -0.39 is 0 Å². The molecular weight excluding hydrogens is 206 g/mol. The zero-order valence-electron chi connectivity index (χ0n) is 11.8. The molecule has 1 heterocycles. The zero-order chi connectivity index (χ0) is 12.8. The van der Waals surface area contributed by atoms with E-state index in [9.17, 15) is 0 Å². The van der Waals surface area contributed by atoms with Crippen molar-refractivity contribution in [1.29, 1.82) is 0 Å². The van der Waals surface area contributed by atoms with Crippen LogP contribution in [-0.4, -0.2) is 4.57 Å². The lowest BCUT2D eigenvalue weighted by molar-refractivity contribution is 0.590. The number of nitrogens with zero attached hydrogens (tertiary/aromatic N) is 1. The van der Waals surface area contributed by atoms with Crippen LogP contribution in [0.1, 0.15) is 51.8 Å². The highest BCUT2D eigenvalue weighted by atomic mass is 14.9. The van der Waals surface area contributed by atoms with Gasteiger partial charge >= 0.3 is 0 Å². The molecule has 0 aliphatic carbocycles. The summed E-state index contributed by atoms with van der Waals surface area (Å²) in [5.41, 5.74) is 4.38. The maximum Gasteiger partial charge on any atom is 0.0482 e. The molecule has 0 saturated heterocycles. The molecule has 2 rings (SSSR count). The lowest BCUT2D eigenvalue weighted by Crippen LogP contribution is -2.10. The minimum absolute atomic E-state index is 0.219. The Labute approximate surface area is 104 Å². The van der Waals surface area contributed by atoms with Gasteiger partial charge in [-0.3, -0.25) is 0 Å². The Kier molecular flexibility index (Phi) is 2.81. The van der Waals surface area contributed by atoms with Crippen LogP contribution in [0.4, 0.5) is 0 Å². The summed E-state index contributed by atoms with van der Waals surface area (Å²) in [4.78, 5) is 0. The van der Waals surface area contributed by atoms with Gasteiger partial charge in [0.15, 0.2) is 0 Å². The normalized spacial score (nSPS) is 12.6. The van der Waals surface area contributed by atoms with Crippen LogP contribution >= 0.6 is 0 Å². The molecule has 0 N–H and O–H groups in total. The number of aryl methyl sites for hydroxylation is 1. The quantitative estimate of drug-likeness (QED) is 0.673. The molecule has 0 spiro atoms. The SMILES string of the molecule is CC(C)c1cc2ccc(C(C)(C)C)cc2n1C. The molecule has 1 aromatic carbocycles. The molecule has 1 aromatic heterocycles. The van der Waals surface area contributed by atoms with Gasteiger partial charge in [0.2, 0.25) is 0 Å². The van der Waals surface area contributed by atoms with Crippen molar-refractivity contribution in [2.45, 2.75) is 46.0 Å². The summed E-state index contributed by atoms with van der Waals surface area (Å²) < 4.78 is 2.33. The van der Waals surface area contributed by atoms with Crippen molar-refractivity contribution in [1.82, 2.24) is 4.57 Å². The largest absolute Gasteiger partial charge is 0.347 e. The van der Waals surface area contributed by atoms with Gasteiger partial charge in [-0.15, -0.1) is 0 Å².